The normalized spacial score (nSPS) is 24.6. The lowest BCUT2D eigenvalue weighted by molar-refractivity contribution is -0.150. The summed E-state index contributed by atoms with van der Waals surface area (Å²) in [5.74, 6) is -0.640. The van der Waals surface area contributed by atoms with E-state index in [1.807, 2.05) is 42.5 Å². The number of amides is 2. The zero-order chi connectivity index (χ0) is 19.0. The Hall–Kier alpha value is -2.54. The van der Waals surface area contributed by atoms with E-state index in [1.165, 1.54) is 16.7 Å². The maximum absolute atomic E-state index is 12.6. The molecule has 1 aromatic rings. The molecule has 2 fully saturated rings. The van der Waals surface area contributed by atoms with Gasteiger partial charge in [-0.3, -0.25) is 14.5 Å². The largest absolute Gasteiger partial charge is 0.477 e. The number of β-lactam (4-membered cyclic amide) rings is 1. The van der Waals surface area contributed by atoms with Crippen LogP contribution in [0.4, 0.5) is 0 Å². The first-order valence-corrected chi connectivity index (χ1v) is 10.0. The van der Waals surface area contributed by atoms with Gasteiger partial charge in [0, 0.05) is 5.75 Å². The summed E-state index contributed by atoms with van der Waals surface area (Å²) in [6.45, 7) is 0. The topological polar surface area (TPSA) is 86.7 Å². The lowest BCUT2D eigenvalue weighted by atomic mass is 10.0. The Morgan fingerprint density at radius 3 is 2.67 bits per heavy atom. The second-order valence-corrected chi connectivity index (χ2v) is 8.10. The molecule has 1 aliphatic carbocycles. The molecular formula is C20H20N2O4S. The predicted molar refractivity (Wildman–Crippen MR) is 102 cm³/mol. The Bertz CT molecular complexity index is 845. The monoisotopic (exact) mass is 384 g/mol. The van der Waals surface area contributed by atoms with E-state index in [4.69, 9.17) is 0 Å². The van der Waals surface area contributed by atoms with Crippen LogP contribution in [0.2, 0.25) is 0 Å². The number of carbonyl (C=O) groups excluding carboxylic acids is 2. The number of benzene rings is 1. The van der Waals surface area contributed by atoms with Crippen molar-refractivity contribution in [2.75, 3.05) is 5.75 Å². The first-order chi connectivity index (χ1) is 13.0. The van der Waals surface area contributed by atoms with Gasteiger partial charge in [-0.25, -0.2) is 4.79 Å². The van der Waals surface area contributed by atoms with Gasteiger partial charge in [0.1, 0.15) is 17.1 Å². The van der Waals surface area contributed by atoms with Crippen molar-refractivity contribution in [1.29, 1.82) is 0 Å². The lowest BCUT2D eigenvalue weighted by Crippen LogP contribution is -2.70. The molecule has 2 aliphatic heterocycles. The summed E-state index contributed by atoms with van der Waals surface area (Å²) in [6.07, 6.45) is 6.35. The second-order valence-electron chi connectivity index (χ2n) is 6.99. The molecule has 2 unspecified atom stereocenters. The smallest absolute Gasteiger partial charge is 0.352 e. The SMILES string of the molecule is O=C(Cc1ccccc1)NC1C(=O)N2C(C(=O)O)=C(/C=C/C3CC3)CSC12. The van der Waals surface area contributed by atoms with Crippen LogP contribution in [0.1, 0.15) is 18.4 Å². The molecule has 2 atom stereocenters. The highest BCUT2D eigenvalue weighted by atomic mass is 32.2. The van der Waals surface area contributed by atoms with Gasteiger partial charge in [0.05, 0.1) is 6.42 Å². The minimum absolute atomic E-state index is 0.0502. The number of thioether (sulfide) groups is 1. The number of hydrogen-bond acceptors (Lipinski definition) is 4. The Kier molecular flexibility index (Phi) is 4.78. The number of rotatable bonds is 6. The van der Waals surface area contributed by atoms with Crippen LogP contribution in [0.25, 0.3) is 0 Å². The summed E-state index contributed by atoms with van der Waals surface area (Å²) >= 11 is 1.49. The molecule has 1 saturated heterocycles. The molecule has 1 saturated carbocycles. The Balaban J connectivity index is 1.45. The number of nitrogens with zero attached hydrogens (tertiary/aromatic N) is 1. The van der Waals surface area contributed by atoms with E-state index >= 15 is 0 Å². The van der Waals surface area contributed by atoms with E-state index in [-0.39, 0.29) is 29.3 Å². The molecule has 1 aromatic carbocycles. The van der Waals surface area contributed by atoms with Crippen LogP contribution < -0.4 is 5.32 Å². The van der Waals surface area contributed by atoms with Gasteiger partial charge < -0.3 is 10.4 Å². The van der Waals surface area contributed by atoms with Crippen molar-refractivity contribution in [1.82, 2.24) is 10.2 Å². The van der Waals surface area contributed by atoms with Crippen LogP contribution in [-0.4, -0.2) is 45.0 Å². The summed E-state index contributed by atoms with van der Waals surface area (Å²) < 4.78 is 0. The lowest BCUT2D eigenvalue weighted by Gasteiger charge is -2.49. The number of carbonyl (C=O) groups is 3. The summed E-state index contributed by atoms with van der Waals surface area (Å²) in [6, 6.07) is 8.63. The van der Waals surface area contributed by atoms with E-state index in [2.05, 4.69) is 5.32 Å². The first-order valence-electron chi connectivity index (χ1n) is 8.97. The molecule has 0 spiro atoms. The molecule has 7 heteroatoms. The van der Waals surface area contributed by atoms with Crippen molar-refractivity contribution in [3.8, 4) is 0 Å². The van der Waals surface area contributed by atoms with Crippen molar-refractivity contribution in [3.05, 3.63) is 59.3 Å². The van der Waals surface area contributed by atoms with E-state index in [0.29, 0.717) is 17.2 Å². The van der Waals surface area contributed by atoms with E-state index in [0.717, 1.165) is 18.4 Å². The van der Waals surface area contributed by atoms with Crippen LogP contribution in [0.15, 0.2) is 53.8 Å². The van der Waals surface area contributed by atoms with Crippen LogP contribution >= 0.6 is 11.8 Å². The Labute approximate surface area is 161 Å². The minimum atomic E-state index is -1.10. The number of fused-ring (bicyclic) bond motifs is 1. The number of carboxylic acids is 1. The summed E-state index contributed by atoms with van der Waals surface area (Å²) in [7, 11) is 0. The third-order valence-corrected chi connectivity index (χ3v) is 6.22. The Morgan fingerprint density at radius 1 is 1.26 bits per heavy atom. The molecule has 6 nitrogen and oxygen atoms in total. The fraction of sp³-hybridized carbons (Fsp3) is 0.350. The van der Waals surface area contributed by atoms with Crippen LogP contribution in [0, 0.1) is 5.92 Å². The highest BCUT2D eigenvalue weighted by Gasteiger charge is 2.53. The quantitative estimate of drug-likeness (QED) is 0.732. The van der Waals surface area contributed by atoms with Crippen molar-refractivity contribution in [2.45, 2.75) is 30.7 Å². The molecule has 27 heavy (non-hydrogen) atoms. The molecule has 0 aromatic heterocycles. The summed E-state index contributed by atoms with van der Waals surface area (Å²) in [5.41, 5.74) is 1.58. The van der Waals surface area contributed by atoms with Crippen LogP contribution in [0.5, 0.6) is 0 Å². The standard InChI is InChI=1S/C20H20N2O4S/c23-15(10-13-4-2-1-3-5-13)21-16-18(24)22-17(20(25)26)14(11-27-19(16)22)9-8-12-6-7-12/h1-5,8-9,12,16,19H,6-7,10-11H2,(H,21,23)(H,25,26)/b9-8+. The molecule has 0 bridgehead atoms. The van der Waals surface area contributed by atoms with Crippen LogP contribution in [-0.2, 0) is 20.8 Å². The van der Waals surface area contributed by atoms with E-state index < -0.39 is 12.0 Å². The first kappa shape index (κ1) is 17.9. The predicted octanol–water partition coefficient (Wildman–Crippen LogP) is 1.93. The maximum Gasteiger partial charge on any atom is 0.352 e. The van der Waals surface area contributed by atoms with Gasteiger partial charge in [-0.2, -0.15) is 0 Å². The zero-order valence-electron chi connectivity index (χ0n) is 14.6. The number of allylic oxidation sites excluding steroid dienone is 2. The highest BCUT2D eigenvalue weighted by molar-refractivity contribution is 8.00. The molecule has 140 valence electrons. The number of aliphatic carboxylic acids is 1. The number of nitrogens with one attached hydrogen (secondary N) is 1. The van der Waals surface area contributed by atoms with Gasteiger partial charge in [-0.1, -0.05) is 42.5 Å². The summed E-state index contributed by atoms with van der Waals surface area (Å²) in [4.78, 5) is 37.9. The fourth-order valence-electron chi connectivity index (χ4n) is 3.32. The molecule has 4 rings (SSSR count). The van der Waals surface area contributed by atoms with Crippen LogP contribution in [0.3, 0.4) is 0 Å². The molecular weight excluding hydrogens is 364 g/mol. The van der Waals surface area contributed by atoms with Gasteiger partial charge in [0.15, 0.2) is 0 Å². The van der Waals surface area contributed by atoms with E-state index in [1.54, 1.807) is 0 Å². The third kappa shape index (κ3) is 3.64. The fourth-order valence-corrected chi connectivity index (χ4v) is 4.64. The molecule has 2 heterocycles. The van der Waals surface area contributed by atoms with Crippen molar-refractivity contribution < 1.29 is 19.5 Å². The van der Waals surface area contributed by atoms with Crippen molar-refractivity contribution >= 4 is 29.5 Å². The number of hydrogen-bond donors (Lipinski definition) is 2. The average molecular weight is 384 g/mol. The molecule has 3 aliphatic rings. The van der Waals surface area contributed by atoms with Gasteiger partial charge in [-0.05, 0) is 29.9 Å². The van der Waals surface area contributed by atoms with Crippen molar-refractivity contribution in [2.24, 2.45) is 5.92 Å². The van der Waals surface area contributed by atoms with Gasteiger partial charge in [-0.15, -0.1) is 11.8 Å². The second kappa shape index (κ2) is 7.23. The minimum Gasteiger partial charge on any atom is -0.477 e. The molecule has 0 radical (unpaired) electrons. The number of carboxylic acid groups (broad SMARTS) is 1. The van der Waals surface area contributed by atoms with Gasteiger partial charge >= 0.3 is 5.97 Å². The average Bonchev–Trinajstić information content (AvgIpc) is 3.48. The van der Waals surface area contributed by atoms with Gasteiger partial charge in [0.2, 0.25) is 5.91 Å². The maximum atomic E-state index is 12.6. The highest BCUT2D eigenvalue weighted by Crippen LogP contribution is 2.41. The summed E-state index contributed by atoms with van der Waals surface area (Å²) in [5, 5.41) is 12.0. The Morgan fingerprint density at radius 2 is 2.00 bits per heavy atom. The zero-order valence-corrected chi connectivity index (χ0v) is 15.4. The van der Waals surface area contributed by atoms with E-state index in [9.17, 15) is 19.5 Å². The molecule has 2 amide bonds. The van der Waals surface area contributed by atoms with Crippen molar-refractivity contribution in [3.63, 3.8) is 0 Å². The van der Waals surface area contributed by atoms with Gasteiger partial charge in [0.25, 0.3) is 5.91 Å². The third-order valence-electron chi connectivity index (χ3n) is 4.92. The molecule has 2 N–H and O–H groups in total.